The lowest BCUT2D eigenvalue weighted by molar-refractivity contribution is -0.153. The van der Waals surface area contributed by atoms with E-state index < -0.39 is 36.3 Å². The lowest BCUT2D eigenvalue weighted by Crippen LogP contribution is -2.38. The molecule has 0 aromatic heterocycles. The highest BCUT2D eigenvalue weighted by atomic mass is 16.5. The predicted molar refractivity (Wildman–Crippen MR) is 97.2 cm³/mol. The summed E-state index contributed by atoms with van der Waals surface area (Å²) in [5.74, 6) is -2.44. The molecule has 1 aliphatic heterocycles. The number of rotatable bonds is 5. The van der Waals surface area contributed by atoms with Gasteiger partial charge in [0.2, 0.25) is 0 Å². The number of nitrogens with one attached hydrogen (secondary N) is 1. The van der Waals surface area contributed by atoms with Crippen molar-refractivity contribution in [3.63, 3.8) is 0 Å². The molecule has 3 rings (SSSR count). The van der Waals surface area contributed by atoms with Crippen LogP contribution in [0.25, 0.3) is 0 Å². The second-order valence-corrected chi connectivity index (χ2v) is 6.23. The number of amides is 3. The molecule has 2 aromatic carbocycles. The van der Waals surface area contributed by atoms with Crippen molar-refractivity contribution in [1.82, 2.24) is 4.90 Å². The number of carbonyl (C=O) groups is 4. The average molecular weight is 366 g/mol. The van der Waals surface area contributed by atoms with Crippen LogP contribution in [0.4, 0.5) is 5.69 Å². The molecule has 1 atom stereocenters. The highest BCUT2D eigenvalue weighted by Crippen LogP contribution is 2.22. The zero-order valence-corrected chi connectivity index (χ0v) is 14.9. The summed E-state index contributed by atoms with van der Waals surface area (Å²) in [4.78, 5) is 49.6. The van der Waals surface area contributed by atoms with Crippen molar-refractivity contribution in [2.45, 2.75) is 20.0 Å². The minimum absolute atomic E-state index is 0.250. The molecule has 0 bridgehead atoms. The van der Waals surface area contributed by atoms with Crippen molar-refractivity contribution in [2.75, 3.05) is 11.9 Å². The van der Waals surface area contributed by atoms with E-state index in [-0.39, 0.29) is 11.1 Å². The van der Waals surface area contributed by atoms with Gasteiger partial charge in [-0.25, -0.2) is 0 Å². The normalized spacial score (nSPS) is 13.9. The van der Waals surface area contributed by atoms with Crippen LogP contribution in [0.5, 0.6) is 0 Å². The van der Waals surface area contributed by atoms with Crippen molar-refractivity contribution in [2.24, 2.45) is 0 Å². The van der Waals surface area contributed by atoms with Gasteiger partial charge in [0.15, 0.2) is 6.10 Å². The van der Waals surface area contributed by atoms with E-state index in [9.17, 15) is 19.2 Å². The van der Waals surface area contributed by atoms with Gasteiger partial charge in [-0.15, -0.1) is 0 Å². The van der Waals surface area contributed by atoms with Gasteiger partial charge in [-0.3, -0.25) is 24.1 Å². The summed E-state index contributed by atoms with van der Waals surface area (Å²) in [5, 5.41) is 2.65. The fraction of sp³-hybridized carbons (Fsp3) is 0.200. The van der Waals surface area contributed by atoms with Crippen molar-refractivity contribution >= 4 is 29.4 Å². The maximum atomic E-state index is 12.3. The first kappa shape index (κ1) is 18.3. The van der Waals surface area contributed by atoms with Crippen LogP contribution >= 0.6 is 0 Å². The first-order valence-corrected chi connectivity index (χ1v) is 8.39. The van der Waals surface area contributed by atoms with E-state index in [1.165, 1.54) is 19.1 Å². The van der Waals surface area contributed by atoms with Crippen molar-refractivity contribution in [3.8, 4) is 0 Å². The second kappa shape index (κ2) is 7.41. The average Bonchev–Trinajstić information content (AvgIpc) is 2.87. The fourth-order valence-electron chi connectivity index (χ4n) is 2.77. The molecule has 2 aromatic rings. The Kier molecular flexibility index (Phi) is 5.03. The summed E-state index contributed by atoms with van der Waals surface area (Å²) in [6, 6.07) is 13.5. The SMILES string of the molecule is Cc1cccc(NC(=O)[C@H](C)OC(=O)CN2C(=O)c3ccccc3C2=O)c1. The van der Waals surface area contributed by atoms with Crippen LogP contribution in [0.15, 0.2) is 48.5 Å². The van der Waals surface area contributed by atoms with E-state index in [1.54, 1.807) is 30.3 Å². The molecule has 0 saturated heterocycles. The lowest BCUT2D eigenvalue weighted by atomic mass is 10.1. The standard InChI is InChI=1S/C20H18N2O5/c1-12-6-5-7-14(10-12)21-18(24)13(2)27-17(23)11-22-19(25)15-8-3-4-9-16(15)20(22)26/h3-10,13H,11H2,1-2H3,(H,21,24)/t13-/m0/s1. The molecular weight excluding hydrogens is 348 g/mol. The second-order valence-electron chi connectivity index (χ2n) is 6.23. The summed E-state index contributed by atoms with van der Waals surface area (Å²) < 4.78 is 5.07. The zero-order chi connectivity index (χ0) is 19.6. The summed E-state index contributed by atoms with van der Waals surface area (Å²) in [6.07, 6.45) is -1.08. The van der Waals surface area contributed by atoms with Gasteiger partial charge in [-0.1, -0.05) is 24.3 Å². The maximum Gasteiger partial charge on any atom is 0.326 e. The van der Waals surface area contributed by atoms with Gasteiger partial charge in [-0.2, -0.15) is 0 Å². The number of ether oxygens (including phenoxy) is 1. The highest BCUT2D eigenvalue weighted by Gasteiger charge is 2.37. The minimum Gasteiger partial charge on any atom is -0.451 e. The first-order chi connectivity index (χ1) is 12.9. The van der Waals surface area contributed by atoms with Gasteiger partial charge in [0, 0.05) is 5.69 Å². The Labute approximate surface area is 155 Å². The van der Waals surface area contributed by atoms with Gasteiger partial charge >= 0.3 is 5.97 Å². The van der Waals surface area contributed by atoms with E-state index >= 15 is 0 Å². The molecule has 0 unspecified atom stereocenters. The number of benzene rings is 2. The molecule has 0 spiro atoms. The number of hydrogen-bond acceptors (Lipinski definition) is 5. The number of esters is 1. The Balaban J connectivity index is 1.58. The number of nitrogens with zero attached hydrogens (tertiary/aromatic N) is 1. The molecule has 0 radical (unpaired) electrons. The number of imide groups is 1. The maximum absolute atomic E-state index is 12.3. The first-order valence-electron chi connectivity index (χ1n) is 8.39. The molecule has 0 saturated carbocycles. The molecule has 1 N–H and O–H groups in total. The monoisotopic (exact) mass is 366 g/mol. The third-order valence-electron chi connectivity index (χ3n) is 4.13. The Bertz CT molecular complexity index is 902. The van der Waals surface area contributed by atoms with Crippen LogP contribution in [0.3, 0.4) is 0 Å². The summed E-state index contributed by atoms with van der Waals surface area (Å²) in [6.45, 7) is 2.76. The Morgan fingerprint density at radius 3 is 2.26 bits per heavy atom. The Morgan fingerprint density at radius 1 is 1.04 bits per heavy atom. The van der Waals surface area contributed by atoms with Gasteiger partial charge < -0.3 is 10.1 Å². The molecule has 3 amide bonds. The molecule has 0 aliphatic carbocycles. The van der Waals surface area contributed by atoms with Crippen LogP contribution in [0.1, 0.15) is 33.2 Å². The number of hydrogen-bond donors (Lipinski definition) is 1. The predicted octanol–water partition coefficient (Wildman–Crippen LogP) is 2.16. The van der Waals surface area contributed by atoms with Gasteiger partial charge in [0.05, 0.1) is 11.1 Å². The van der Waals surface area contributed by atoms with Crippen LogP contribution in [0.2, 0.25) is 0 Å². The zero-order valence-electron chi connectivity index (χ0n) is 14.9. The molecule has 1 heterocycles. The Morgan fingerprint density at radius 2 is 1.67 bits per heavy atom. The molecule has 0 fully saturated rings. The summed E-state index contributed by atoms with van der Waals surface area (Å²) in [7, 11) is 0. The van der Waals surface area contributed by atoms with Gasteiger partial charge in [-0.05, 0) is 43.7 Å². The van der Waals surface area contributed by atoms with Gasteiger partial charge in [0.1, 0.15) is 6.54 Å². The quantitative estimate of drug-likeness (QED) is 0.647. The molecular formula is C20H18N2O5. The smallest absolute Gasteiger partial charge is 0.326 e. The van der Waals surface area contributed by atoms with E-state index in [1.807, 2.05) is 13.0 Å². The van der Waals surface area contributed by atoms with Crippen LogP contribution < -0.4 is 5.32 Å². The van der Waals surface area contributed by atoms with Gasteiger partial charge in [0.25, 0.3) is 17.7 Å². The lowest BCUT2D eigenvalue weighted by Gasteiger charge is -2.17. The van der Waals surface area contributed by atoms with Crippen molar-refractivity contribution < 1.29 is 23.9 Å². The fourth-order valence-corrected chi connectivity index (χ4v) is 2.77. The highest BCUT2D eigenvalue weighted by molar-refractivity contribution is 6.22. The van der Waals surface area contributed by atoms with Crippen LogP contribution in [0, 0.1) is 6.92 Å². The van der Waals surface area contributed by atoms with E-state index in [0.29, 0.717) is 5.69 Å². The summed E-state index contributed by atoms with van der Waals surface area (Å²) >= 11 is 0. The van der Waals surface area contributed by atoms with E-state index in [4.69, 9.17) is 4.74 Å². The largest absolute Gasteiger partial charge is 0.451 e. The molecule has 7 nitrogen and oxygen atoms in total. The van der Waals surface area contributed by atoms with E-state index in [2.05, 4.69) is 5.32 Å². The number of carbonyl (C=O) groups excluding carboxylic acids is 4. The van der Waals surface area contributed by atoms with Crippen LogP contribution in [-0.2, 0) is 14.3 Å². The number of anilines is 1. The number of aryl methyl sites for hydroxylation is 1. The van der Waals surface area contributed by atoms with E-state index in [0.717, 1.165) is 10.5 Å². The minimum atomic E-state index is -1.08. The third-order valence-corrected chi connectivity index (χ3v) is 4.13. The molecule has 1 aliphatic rings. The Hall–Kier alpha value is -3.48. The third kappa shape index (κ3) is 3.87. The molecule has 138 valence electrons. The summed E-state index contributed by atoms with van der Waals surface area (Å²) in [5.41, 5.74) is 2.06. The van der Waals surface area contributed by atoms with Crippen molar-refractivity contribution in [1.29, 1.82) is 0 Å². The molecule has 27 heavy (non-hydrogen) atoms. The molecule has 7 heteroatoms. The van der Waals surface area contributed by atoms with Crippen molar-refractivity contribution in [3.05, 3.63) is 65.2 Å². The van der Waals surface area contributed by atoms with Crippen LogP contribution in [-0.4, -0.2) is 41.2 Å². The number of fused-ring (bicyclic) bond motifs is 1. The topological polar surface area (TPSA) is 92.8 Å².